The van der Waals surface area contributed by atoms with Crippen LogP contribution in [-0.2, 0) is 9.53 Å². The molecule has 0 aliphatic carbocycles. The summed E-state index contributed by atoms with van der Waals surface area (Å²) >= 11 is 5.80. The fraction of sp³-hybridized carbons (Fsp3) is 0.154. The van der Waals surface area contributed by atoms with Crippen LogP contribution in [0.1, 0.15) is 10.4 Å². The van der Waals surface area contributed by atoms with Gasteiger partial charge < -0.3 is 10.1 Å². The molecule has 0 atom stereocenters. The molecule has 1 N–H and O–H groups in total. The highest BCUT2D eigenvalue weighted by Crippen LogP contribution is 2.27. The van der Waals surface area contributed by atoms with E-state index < -0.39 is 23.9 Å². The Hall–Kier alpha value is -2.35. The van der Waals surface area contributed by atoms with E-state index in [-0.39, 0.29) is 16.1 Å². The highest BCUT2D eigenvalue weighted by atomic mass is 35.5. The maximum Gasteiger partial charge on any atom is 0.471 e. The second-order valence-electron chi connectivity index (χ2n) is 4.17. The number of esters is 1. The monoisotopic (exact) mass is 332 g/mol. The van der Waals surface area contributed by atoms with Gasteiger partial charge in [-0.2, -0.15) is 13.2 Å². The summed E-state index contributed by atoms with van der Waals surface area (Å²) in [5.41, 5.74) is 0.495. The number of amides is 1. The molecule has 116 valence electrons. The Morgan fingerprint density at radius 3 is 2.55 bits per heavy atom. The zero-order valence-corrected chi connectivity index (χ0v) is 11.7. The maximum atomic E-state index is 12.2. The minimum atomic E-state index is -5.05. The zero-order valence-electron chi connectivity index (χ0n) is 11.0. The molecule has 1 amide bonds. The number of hydrogen-bond donors (Lipinski definition) is 1. The van der Waals surface area contributed by atoms with Crippen LogP contribution in [0.3, 0.4) is 0 Å². The first kappa shape index (κ1) is 16.0. The van der Waals surface area contributed by atoms with E-state index in [2.05, 4.69) is 9.72 Å². The minimum absolute atomic E-state index is 0.188. The predicted octanol–water partition coefficient (Wildman–Crippen LogP) is 3.18. The molecule has 0 unspecified atom stereocenters. The van der Waals surface area contributed by atoms with Gasteiger partial charge in [0.05, 0.1) is 23.2 Å². The van der Waals surface area contributed by atoms with Crippen LogP contribution in [0.5, 0.6) is 0 Å². The fourth-order valence-corrected chi connectivity index (χ4v) is 1.87. The Balaban J connectivity index is 2.42. The summed E-state index contributed by atoms with van der Waals surface area (Å²) in [6, 6.07) is 5.52. The second kappa shape index (κ2) is 5.80. The van der Waals surface area contributed by atoms with E-state index in [4.69, 9.17) is 11.6 Å². The van der Waals surface area contributed by atoms with Crippen LogP contribution in [0.25, 0.3) is 10.9 Å². The fourth-order valence-electron chi connectivity index (χ4n) is 1.66. The van der Waals surface area contributed by atoms with Crippen molar-refractivity contribution < 1.29 is 27.5 Å². The number of nitrogens with zero attached hydrogens (tertiary/aromatic N) is 1. The molecule has 22 heavy (non-hydrogen) atoms. The van der Waals surface area contributed by atoms with Gasteiger partial charge in [-0.25, -0.2) is 9.78 Å². The molecule has 0 bridgehead atoms. The lowest BCUT2D eigenvalue weighted by Gasteiger charge is -2.10. The van der Waals surface area contributed by atoms with Gasteiger partial charge in [0.1, 0.15) is 0 Å². The summed E-state index contributed by atoms with van der Waals surface area (Å²) in [4.78, 5) is 26.2. The van der Waals surface area contributed by atoms with Crippen molar-refractivity contribution in [1.82, 2.24) is 4.98 Å². The summed E-state index contributed by atoms with van der Waals surface area (Å²) in [7, 11) is 1.22. The van der Waals surface area contributed by atoms with Gasteiger partial charge >= 0.3 is 18.1 Å². The number of nitrogens with one attached hydrogen (secondary N) is 1. The van der Waals surface area contributed by atoms with Gasteiger partial charge in [-0.3, -0.25) is 4.79 Å². The van der Waals surface area contributed by atoms with E-state index in [1.54, 1.807) is 5.32 Å². The highest BCUT2D eigenvalue weighted by molar-refractivity contribution is 6.34. The van der Waals surface area contributed by atoms with E-state index >= 15 is 0 Å². The zero-order chi connectivity index (χ0) is 16.5. The Kier molecular flexibility index (Phi) is 4.23. The third-order valence-corrected chi connectivity index (χ3v) is 2.97. The Morgan fingerprint density at radius 2 is 1.95 bits per heavy atom. The molecule has 0 saturated heterocycles. The summed E-state index contributed by atoms with van der Waals surface area (Å²) in [5.74, 6) is -3.16. The number of anilines is 1. The number of aromatic nitrogens is 1. The molecule has 0 fully saturated rings. The standard InChI is InChI=1S/C13H8ClF3N2O3/c1-22-11(20)6-2-3-9-7(4-6)5-8(14)10(18-9)19-12(21)13(15,16)17/h2-5H,1H3,(H,18,19,21). The van der Waals surface area contributed by atoms with Gasteiger partial charge in [-0.15, -0.1) is 0 Å². The van der Waals surface area contributed by atoms with Gasteiger partial charge in [0.25, 0.3) is 0 Å². The number of fused-ring (bicyclic) bond motifs is 1. The van der Waals surface area contributed by atoms with E-state index in [0.29, 0.717) is 5.39 Å². The van der Waals surface area contributed by atoms with Crippen molar-refractivity contribution in [2.45, 2.75) is 6.18 Å². The van der Waals surface area contributed by atoms with Gasteiger partial charge in [0.15, 0.2) is 5.82 Å². The third-order valence-electron chi connectivity index (χ3n) is 2.68. The smallest absolute Gasteiger partial charge is 0.465 e. The highest BCUT2D eigenvalue weighted by Gasteiger charge is 2.39. The van der Waals surface area contributed by atoms with Crippen molar-refractivity contribution in [3.63, 3.8) is 0 Å². The van der Waals surface area contributed by atoms with Gasteiger partial charge in [-0.05, 0) is 24.3 Å². The lowest BCUT2D eigenvalue weighted by Crippen LogP contribution is -2.30. The first-order valence-electron chi connectivity index (χ1n) is 5.79. The number of benzene rings is 1. The average Bonchev–Trinajstić information content (AvgIpc) is 2.45. The molecular weight excluding hydrogens is 325 g/mol. The molecule has 2 aromatic rings. The summed E-state index contributed by atoms with van der Waals surface area (Å²) in [5, 5.41) is 1.82. The summed E-state index contributed by atoms with van der Waals surface area (Å²) in [6.45, 7) is 0. The van der Waals surface area contributed by atoms with Crippen molar-refractivity contribution in [3.8, 4) is 0 Å². The second-order valence-corrected chi connectivity index (χ2v) is 4.58. The first-order valence-corrected chi connectivity index (χ1v) is 6.17. The molecule has 0 radical (unpaired) electrons. The Morgan fingerprint density at radius 1 is 1.27 bits per heavy atom. The maximum absolute atomic E-state index is 12.2. The Bertz CT molecular complexity index is 762. The number of rotatable bonds is 2. The van der Waals surface area contributed by atoms with Crippen LogP contribution in [0.15, 0.2) is 24.3 Å². The van der Waals surface area contributed by atoms with Crippen LogP contribution in [0.2, 0.25) is 5.02 Å². The molecule has 1 aromatic heterocycles. The number of carbonyl (C=O) groups excluding carboxylic acids is 2. The number of ether oxygens (including phenoxy) is 1. The largest absolute Gasteiger partial charge is 0.471 e. The molecule has 9 heteroatoms. The number of methoxy groups -OCH3 is 1. The van der Waals surface area contributed by atoms with Crippen molar-refractivity contribution in [1.29, 1.82) is 0 Å². The predicted molar refractivity (Wildman–Crippen MR) is 72.8 cm³/mol. The number of halogens is 4. The van der Waals surface area contributed by atoms with Crippen molar-refractivity contribution in [2.24, 2.45) is 0 Å². The van der Waals surface area contributed by atoms with E-state index in [0.717, 1.165) is 0 Å². The molecule has 0 spiro atoms. The molecule has 5 nitrogen and oxygen atoms in total. The van der Waals surface area contributed by atoms with E-state index in [1.807, 2.05) is 0 Å². The third kappa shape index (κ3) is 3.28. The van der Waals surface area contributed by atoms with Crippen LogP contribution in [-0.4, -0.2) is 30.1 Å². The van der Waals surface area contributed by atoms with Gasteiger partial charge in [-0.1, -0.05) is 11.6 Å². The van der Waals surface area contributed by atoms with E-state index in [9.17, 15) is 22.8 Å². The normalized spacial score (nSPS) is 11.3. The average molecular weight is 333 g/mol. The van der Waals surface area contributed by atoms with Crippen molar-refractivity contribution in [2.75, 3.05) is 12.4 Å². The number of alkyl halides is 3. The number of hydrogen-bond acceptors (Lipinski definition) is 4. The topological polar surface area (TPSA) is 68.3 Å². The van der Waals surface area contributed by atoms with Crippen LogP contribution in [0, 0.1) is 0 Å². The SMILES string of the molecule is COC(=O)c1ccc2nc(NC(=O)C(F)(F)F)c(Cl)cc2c1. The molecule has 1 heterocycles. The molecule has 0 aliphatic heterocycles. The molecule has 0 aliphatic rings. The molecule has 2 rings (SSSR count). The number of carbonyl (C=O) groups is 2. The van der Waals surface area contributed by atoms with Gasteiger partial charge in [0, 0.05) is 5.39 Å². The lowest BCUT2D eigenvalue weighted by atomic mass is 10.1. The minimum Gasteiger partial charge on any atom is -0.465 e. The van der Waals surface area contributed by atoms with Crippen molar-refractivity contribution >= 4 is 40.2 Å². The van der Waals surface area contributed by atoms with Crippen LogP contribution < -0.4 is 5.32 Å². The molecule has 0 saturated carbocycles. The quantitative estimate of drug-likeness (QED) is 0.858. The Labute approximate surface area is 127 Å². The van der Waals surface area contributed by atoms with Crippen LogP contribution in [0.4, 0.5) is 19.0 Å². The van der Waals surface area contributed by atoms with E-state index in [1.165, 1.54) is 31.4 Å². The summed E-state index contributed by atoms with van der Waals surface area (Å²) in [6.07, 6.45) is -5.05. The van der Waals surface area contributed by atoms with Gasteiger partial charge in [0.2, 0.25) is 0 Å². The van der Waals surface area contributed by atoms with Crippen LogP contribution >= 0.6 is 11.6 Å². The first-order chi connectivity index (χ1) is 10.2. The summed E-state index contributed by atoms with van der Waals surface area (Å²) < 4.78 is 41.2. The lowest BCUT2D eigenvalue weighted by molar-refractivity contribution is -0.167. The molecular formula is C13H8ClF3N2O3. The molecule has 1 aromatic carbocycles. The van der Waals surface area contributed by atoms with Crippen molar-refractivity contribution in [3.05, 3.63) is 34.9 Å². The number of pyridine rings is 1.